The van der Waals surface area contributed by atoms with Crippen molar-refractivity contribution < 1.29 is 14.3 Å². The minimum Gasteiger partial charge on any atom is -0.481 e. The summed E-state index contributed by atoms with van der Waals surface area (Å²) >= 11 is 0. The molecule has 1 heterocycles. The van der Waals surface area contributed by atoms with E-state index in [2.05, 4.69) is 4.98 Å². The van der Waals surface area contributed by atoms with Gasteiger partial charge in [0.15, 0.2) is 0 Å². The highest BCUT2D eigenvalue weighted by molar-refractivity contribution is 5.69. The van der Waals surface area contributed by atoms with Gasteiger partial charge in [0.2, 0.25) is 0 Å². The monoisotopic (exact) mass is 220 g/mol. The first-order valence-electron chi connectivity index (χ1n) is 4.67. The molecule has 82 valence electrons. The van der Waals surface area contributed by atoms with Crippen molar-refractivity contribution in [2.45, 2.75) is 6.42 Å². The van der Waals surface area contributed by atoms with Crippen LogP contribution in [0.1, 0.15) is 5.82 Å². The van der Waals surface area contributed by atoms with Crippen molar-refractivity contribution >= 4 is 5.97 Å². The first-order valence-corrected chi connectivity index (χ1v) is 4.67. The van der Waals surface area contributed by atoms with Crippen LogP contribution in [0.25, 0.3) is 5.69 Å². The Labute approximate surface area is 91.0 Å². The van der Waals surface area contributed by atoms with Crippen LogP contribution < -0.4 is 0 Å². The molecule has 0 aliphatic heterocycles. The van der Waals surface area contributed by atoms with Gasteiger partial charge < -0.3 is 9.67 Å². The van der Waals surface area contributed by atoms with Gasteiger partial charge in [-0.15, -0.1) is 0 Å². The van der Waals surface area contributed by atoms with Crippen molar-refractivity contribution in [3.8, 4) is 5.69 Å². The van der Waals surface area contributed by atoms with Crippen LogP contribution in [0.5, 0.6) is 0 Å². The lowest BCUT2D eigenvalue weighted by Gasteiger charge is -2.06. The van der Waals surface area contributed by atoms with Crippen LogP contribution in [0, 0.1) is 5.82 Å². The lowest BCUT2D eigenvalue weighted by Crippen LogP contribution is -2.08. The van der Waals surface area contributed by atoms with Crippen molar-refractivity contribution in [3.05, 3.63) is 48.3 Å². The van der Waals surface area contributed by atoms with Crippen LogP contribution in [-0.4, -0.2) is 20.6 Å². The first-order chi connectivity index (χ1) is 7.68. The van der Waals surface area contributed by atoms with E-state index in [0.29, 0.717) is 11.5 Å². The van der Waals surface area contributed by atoms with Gasteiger partial charge in [-0.25, -0.2) is 9.37 Å². The van der Waals surface area contributed by atoms with Gasteiger partial charge >= 0.3 is 5.97 Å². The number of hydrogen-bond donors (Lipinski definition) is 1. The SMILES string of the molecule is O=C(O)Cc1nccn1-c1ccccc1F. The topological polar surface area (TPSA) is 55.1 Å². The average molecular weight is 220 g/mol. The number of benzene rings is 1. The fraction of sp³-hybridized carbons (Fsp3) is 0.0909. The molecule has 5 heteroatoms. The highest BCUT2D eigenvalue weighted by Crippen LogP contribution is 2.14. The van der Waals surface area contributed by atoms with Crippen LogP contribution in [0.4, 0.5) is 4.39 Å². The summed E-state index contributed by atoms with van der Waals surface area (Å²) in [5.74, 6) is -1.10. The zero-order valence-electron chi connectivity index (χ0n) is 8.30. The molecular formula is C11H9FN2O2. The molecule has 0 radical (unpaired) electrons. The van der Waals surface area contributed by atoms with Crippen LogP contribution in [0.2, 0.25) is 0 Å². The molecule has 1 aromatic heterocycles. The Morgan fingerprint density at radius 2 is 2.19 bits per heavy atom. The molecule has 4 nitrogen and oxygen atoms in total. The lowest BCUT2D eigenvalue weighted by molar-refractivity contribution is -0.136. The Balaban J connectivity index is 2.45. The second-order valence-electron chi connectivity index (χ2n) is 3.24. The summed E-state index contributed by atoms with van der Waals surface area (Å²) in [6.45, 7) is 0. The van der Waals surface area contributed by atoms with Gasteiger partial charge in [0.05, 0.1) is 5.69 Å². The maximum Gasteiger partial charge on any atom is 0.311 e. The van der Waals surface area contributed by atoms with E-state index in [1.165, 1.54) is 23.0 Å². The molecule has 0 spiro atoms. The van der Waals surface area contributed by atoms with Gasteiger partial charge in [-0.05, 0) is 12.1 Å². The van der Waals surface area contributed by atoms with Crippen molar-refractivity contribution in [1.82, 2.24) is 9.55 Å². The van der Waals surface area contributed by atoms with Crippen LogP contribution in [-0.2, 0) is 11.2 Å². The van der Waals surface area contributed by atoms with Gasteiger partial charge in [-0.2, -0.15) is 0 Å². The maximum absolute atomic E-state index is 13.5. The molecule has 0 bridgehead atoms. The molecule has 0 saturated carbocycles. The molecule has 0 aliphatic rings. The smallest absolute Gasteiger partial charge is 0.311 e. The van der Waals surface area contributed by atoms with E-state index in [1.807, 2.05) is 0 Å². The Bertz CT molecular complexity index is 522. The number of hydrogen-bond acceptors (Lipinski definition) is 2. The summed E-state index contributed by atoms with van der Waals surface area (Å²) in [6, 6.07) is 6.15. The summed E-state index contributed by atoms with van der Waals surface area (Å²) in [7, 11) is 0. The standard InChI is InChI=1S/C11H9FN2O2/c12-8-3-1-2-4-9(8)14-6-5-13-10(14)7-11(15)16/h1-6H,7H2,(H,15,16). The Kier molecular flexibility index (Phi) is 2.68. The minimum absolute atomic E-state index is 0.235. The number of imidazole rings is 1. The number of carboxylic acids is 1. The fourth-order valence-electron chi connectivity index (χ4n) is 1.47. The maximum atomic E-state index is 13.5. The van der Waals surface area contributed by atoms with E-state index in [9.17, 15) is 9.18 Å². The van der Waals surface area contributed by atoms with Crippen molar-refractivity contribution in [3.63, 3.8) is 0 Å². The molecule has 0 atom stereocenters. The highest BCUT2D eigenvalue weighted by Gasteiger charge is 2.11. The number of nitrogens with zero attached hydrogens (tertiary/aromatic N) is 2. The molecule has 2 aromatic rings. The van der Waals surface area contributed by atoms with Crippen molar-refractivity contribution in [2.75, 3.05) is 0 Å². The summed E-state index contributed by atoms with van der Waals surface area (Å²) < 4.78 is 14.9. The number of carbonyl (C=O) groups is 1. The molecule has 1 aromatic carbocycles. The zero-order valence-corrected chi connectivity index (χ0v) is 8.30. The van der Waals surface area contributed by atoms with E-state index in [-0.39, 0.29) is 6.42 Å². The second kappa shape index (κ2) is 4.14. The van der Waals surface area contributed by atoms with Crippen molar-refractivity contribution in [2.24, 2.45) is 0 Å². The fourth-order valence-corrected chi connectivity index (χ4v) is 1.47. The van der Waals surface area contributed by atoms with Crippen LogP contribution in [0.3, 0.4) is 0 Å². The summed E-state index contributed by atoms with van der Waals surface area (Å²) in [4.78, 5) is 14.5. The van der Waals surface area contributed by atoms with Crippen molar-refractivity contribution in [1.29, 1.82) is 0 Å². The lowest BCUT2D eigenvalue weighted by atomic mass is 10.3. The van der Waals surface area contributed by atoms with E-state index in [4.69, 9.17) is 5.11 Å². The summed E-state index contributed by atoms with van der Waals surface area (Å²) in [5, 5.41) is 8.68. The van der Waals surface area contributed by atoms with E-state index in [0.717, 1.165) is 0 Å². The number of halogens is 1. The second-order valence-corrected chi connectivity index (χ2v) is 3.24. The Morgan fingerprint density at radius 1 is 1.44 bits per heavy atom. The Morgan fingerprint density at radius 3 is 2.88 bits per heavy atom. The summed E-state index contributed by atoms with van der Waals surface area (Å²) in [5.41, 5.74) is 0.302. The van der Waals surface area contributed by atoms with Crippen LogP contribution >= 0.6 is 0 Å². The molecule has 16 heavy (non-hydrogen) atoms. The normalized spacial score (nSPS) is 10.3. The molecule has 1 N–H and O–H groups in total. The molecule has 0 aliphatic carbocycles. The van der Waals surface area contributed by atoms with Gasteiger partial charge in [-0.1, -0.05) is 12.1 Å². The molecule has 0 fully saturated rings. The summed E-state index contributed by atoms with van der Waals surface area (Å²) in [6.07, 6.45) is 2.75. The zero-order chi connectivity index (χ0) is 11.5. The van der Waals surface area contributed by atoms with Gasteiger partial charge in [0.25, 0.3) is 0 Å². The highest BCUT2D eigenvalue weighted by atomic mass is 19.1. The van der Waals surface area contributed by atoms with E-state index >= 15 is 0 Å². The third kappa shape index (κ3) is 1.93. The minimum atomic E-state index is -0.996. The largest absolute Gasteiger partial charge is 0.481 e. The third-order valence-corrected chi connectivity index (χ3v) is 2.14. The van der Waals surface area contributed by atoms with Gasteiger partial charge in [-0.3, -0.25) is 4.79 Å². The molecule has 0 amide bonds. The molecule has 0 saturated heterocycles. The number of carboxylic acid groups (broad SMARTS) is 1. The van der Waals surface area contributed by atoms with Gasteiger partial charge in [0.1, 0.15) is 18.1 Å². The number of rotatable bonds is 3. The van der Waals surface area contributed by atoms with Crippen LogP contribution in [0.15, 0.2) is 36.7 Å². The molecular weight excluding hydrogens is 211 g/mol. The average Bonchev–Trinajstić information content (AvgIpc) is 2.66. The number of aromatic nitrogens is 2. The first kappa shape index (κ1) is 10.4. The molecule has 2 rings (SSSR count). The van der Waals surface area contributed by atoms with Gasteiger partial charge in [0, 0.05) is 12.4 Å². The van der Waals surface area contributed by atoms with E-state index in [1.54, 1.807) is 18.2 Å². The predicted molar refractivity (Wildman–Crippen MR) is 54.9 cm³/mol. The number of aliphatic carboxylic acids is 1. The molecule has 0 unspecified atom stereocenters. The quantitative estimate of drug-likeness (QED) is 0.855. The number of para-hydroxylation sites is 1. The van der Waals surface area contributed by atoms with E-state index < -0.39 is 11.8 Å². The predicted octanol–water partition coefficient (Wildman–Crippen LogP) is 1.64. The Hall–Kier alpha value is -2.17. The third-order valence-electron chi connectivity index (χ3n) is 2.14.